The van der Waals surface area contributed by atoms with Crippen LogP contribution in [0, 0.1) is 0 Å². The molecule has 1 heterocycles. The van der Waals surface area contributed by atoms with Crippen molar-refractivity contribution in [2.24, 2.45) is 5.73 Å². The summed E-state index contributed by atoms with van der Waals surface area (Å²) in [6.45, 7) is 4.03. The summed E-state index contributed by atoms with van der Waals surface area (Å²) < 4.78 is 4.37. The van der Waals surface area contributed by atoms with Crippen LogP contribution in [0.2, 0.25) is 0 Å². The normalized spacial score (nSPS) is 35.7. The van der Waals surface area contributed by atoms with Crippen molar-refractivity contribution in [3.05, 3.63) is 0 Å². The van der Waals surface area contributed by atoms with Crippen LogP contribution in [0.25, 0.3) is 0 Å². The molecule has 1 fully saturated rings. The van der Waals surface area contributed by atoms with E-state index in [0.717, 1.165) is 0 Å². The summed E-state index contributed by atoms with van der Waals surface area (Å²) in [5.74, 6) is -1.11. The summed E-state index contributed by atoms with van der Waals surface area (Å²) in [5.41, 5.74) is 5.64. The highest BCUT2D eigenvalue weighted by molar-refractivity contribution is 7.81. The van der Waals surface area contributed by atoms with Gasteiger partial charge in [0.15, 0.2) is 0 Å². The van der Waals surface area contributed by atoms with Gasteiger partial charge in [-0.05, 0) is 13.8 Å². The Morgan fingerprint density at radius 3 is 2.30 bits per heavy atom. The first-order chi connectivity index (χ1) is 4.36. The van der Waals surface area contributed by atoms with E-state index in [2.05, 4.69) is 12.6 Å². The molecule has 10 heavy (non-hydrogen) atoms. The predicted molar refractivity (Wildman–Crippen MR) is 41.9 cm³/mol. The molecule has 3 nitrogen and oxygen atoms in total. The van der Waals surface area contributed by atoms with Crippen molar-refractivity contribution in [1.82, 2.24) is 0 Å². The van der Waals surface area contributed by atoms with Crippen molar-refractivity contribution >= 4 is 12.6 Å². The molecule has 1 aliphatic heterocycles. The third-order valence-electron chi connectivity index (χ3n) is 1.69. The van der Waals surface area contributed by atoms with Gasteiger partial charge in [0.25, 0.3) is 0 Å². The standard InChI is InChI=1S/C6H13NO2S/c1-5(2,10)4(7)6(8)3-9-6/h4,8,10H,3,7H2,1-2H3/t4-,6?/m1/s1. The van der Waals surface area contributed by atoms with Gasteiger partial charge < -0.3 is 15.6 Å². The van der Waals surface area contributed by atoms with Crippen LogP contribution in [0.4, 0.5) is 0 Å². The molecule has 1 aliphatic rings. The van der Waals surface area contributed by atoms with E-state index in [1.807, 2.05) is 13.8 Å². The third-order valence-corrected chi connectivity index (χ3v) is 1.97. The second kappa shape index (κ2) is 2.11. The predicted octanol–water partition coefficient (Wildman–Crippen LogP) is -0.259. The maximum atomic E-state index is 9.34. The number of hydrogen-bond donors (Lipinski definition) is 3. The Hall–Kier alpha value is 0.230. The van der Waals surface area contributed by atoms with Crippen LogP contribution < -0.4 is 5.73 Å². The van der Waals surface area contributed by atoms with Crippen molar-refractivity contribution in [3.8, 4) is 0 Å². The molecule has 2 atom stereocenters. The van der Waals surface area contributed by atoms with E-state index in [4.69, 9.17) is 10.5 Å². The lowest BCUT2D eigenvalue weighted by Crippen LogP contribution is -2.50. The summed E-state index contributed by atoms with van der Waals surface area (Å²) in [7, 11) is 0. The van der Waals surface area contributed by atoms with Gasteiger partial charge in [-0.25, -0.2) is 0 Å². The lowest BCUT2D eigenvalue weighted by atomic mass is 9.99. The average molecular weight is 163 g/mol. The summed E-state index contributed by atoms with van der Waals surface area (Å²) >= 11 is 4.22. The smallest absolute Gasteiger partial charge is 0.206 e. The molecular formula is C6H13NO2S. The first kappa shape index (κ1) is 8.33. The lowest BCUT2D eigenvalue weighted by molar-refractivity contribution is 0.00518. The van der Waals surface area contributed by atoms with Gasteiger partial charge in [-0.3, -0.25) is 0 Å². The number of thiol groups is 1. The minimum atomic E-state index is -1.11. The fourth-order valence-corrected chi connectivity index (χ4v) is 1.01. The number of aliphatic hydroxyl groups is 1. The van der Waals surface area contributed by atoms with E-state index in [1.165, 1.54) is 0 Å². The summed E-state index contributed by atoms with van der Waals surface area (Å²) in [6.07, 6.45) is 0. The molecule has 0 saturated carbocycles. The van der Waals surface area contributed by atoms with E-state index in [-0.39, 0.29) is 0 Å². The Morgan fingerprint density at radius 1 is 1.80 bits per heavy atom. The molecule has 1 saturated heterocycles. The topological polar surface area (TPSA) is 58.8 Å². The Labute approximate surface area is 66.0 Å². The highest BCUT2D eigenvalue weighted by Gasteiger charge is 2.53. The van der Waals surface area contributed by atoms with Crippen LogP contribution in [-0.4, -0.2) is 28.3 Å². The quantitative estimate of drug-likeness (QED) is 0.388. The Morgan fingerprint density at radius 2 is 2.20 bits per heavy atom. The number of epoxide rings is 1. The van der Waals surface area contributed by atoms with Gasteiger partial charge in [0.05, 0.1) is 6.04 Å². The highest BCUT2D eigenvalue weighted by atomic mass is 32.1. The number of rotatable bonds is 2. The molecule has 0 aromatic carbocycles. The molecule has 60 valence electrons. The minimum absolute atomic E-state index is 0.332. The molecule has 0 aliphatic carbocycles. The Bertz CT molecular complexity index is 134. The fourth-order valence-electron chi connectivity index (χ4n) is 0.805. The second-order valence-electron chi connectivity index (χ2n) is 3.26. The van der Waals surface area contributed by atoms with Crippen LogP contribution in [0.5, 0.6) is 0 Å². The van der Waals surface area contributed by atoms with Crippen molar-refractivity contribution in [1.29, 1.82) is 0 Å². The number of ether oxygens (including phenoxy) is 1. The maximum absolute atomic E-state index is 9.34. The van der Waals surface area contributed by atoms with Gasteiger partial charge >= 0.3 is 0 Å². The average Bonchev–Trinajstić information content (AvgIpc) is 2.45. The molecular weight excluding hydrogens is 150 g/mol. The van der Waals surface area contributed by atoms with E-state index in [9.17, 15) is 5.11 Å². The molecule has 0 amide bonds. The third kappa shape index (κ3) is 1.45. The number of hydrogen-bond acceptors (Lipinski definition) is 4. The van der Waals surface area contributed by atoms with Crippen molar-refractivity contribution < 1.29 is 9.84 Å². The van der Waals surface area contributed by atoms with E-state index in [1.54, 1.807) is 0 Å². The van der Waals surface area contributed by atoms with Crippen LogP contribution in [0.3, 0.4) is 0 Å². The van der Waals surface area contributed by atoms with Gasteiger partial charge in [-0.1, -0.05) is 0 Å². The molecule has 0 radical (unpaired) electrons. The molecule has 0 spiro atoms. The SMILES string of the molecule is CC(C)(S)[C@@H](N)C1(O)CO1. The number of nitrogens with two attached hydrogens (primary N) is 1. The van der Waals surface area contributed by atoms with E-state index in [0.29, 0.717) is 6.61 Å². The van der Waals surface area contributed by atoms with Crippen LogP contribution >= 0.6 is 12.6 Å². The molecule has 0 aromatic heterocycles. The Balaban J connectivity index is 2.57. The molecule has 0 bridgehead atoms. The Kier molecular flexibility index (Phi) is 1.75. The zero-order valence-corrected chi connectivity index (χ0v) is 7.06. The molecule has 1 rings (SSSR count). The molecule has 3 N–H and O–H groups in total. The fraction of sp³-hybridized carbons (Fsp3) is 1.00. The van der Waals surface area contributed by atoms with Gasteiger partial charge in [0.2, 0.25) is 5.79 Å². The monoisotopic (exact) mass is 163 g/mol. The lowest BCUT2D eigenvalue weighted by Gasteiger charge is -2.27. The minimum Gasteiger partial charge on any atom is -0.362 e. The van der Waals surface area contributed by atoms with Crippen LogP contribution in [0.1, 0.15) is 13.8 Å². The van der Waals surface area contributed by atoms with Crippen molar-refractivity contribution in [2.45, 2.75) is 30.4 Å². The maximum Gasteiger partial charge on any atom is 0.206 e. The summed E-state index contributed by atoms with van der Waals surface area (Å²) in [5, 5.41) is 9.34. The molecule has 4 heteroatoms. The van der Waals surface area contributed by atoms with Crippen molar-refractivity contribution in [2.75, 3.05) is 6.61 Å². The van der Waals surface area contributed by atoms with Crippen LogP contribution in [-0.2, 0) is 4.74 Å². The van der Waals surface area contributed by atoms with Crippen molar-refractivity contribution in [3.63, 3.8) is 0 Å². The highest BCUT2D eigenvalue weighted by Crippen LogP contribution is 2.34. The van der Waals surface area contributed by atoms with E-state index >= 15 is 0 Å². The van der Waals surface area contributed by atoms with Gasteiger partial charge in [0.1, 0.15) is 6.61 Å². The largest absolute Gasteiger partial charge is 0.362 e. The zero-order chi connectivity index (χ0) is 7.99. The van der Waals surface area contributed by atoms with Gasteiger partial charge in [-0.15, -0.1) is 0 Å². The molecule has 0 aromatic rings. The summed E-state index contributed by atoms with van der Waals surface area (Å²) in [4.78, 5) is 0. The first-order valence-corrected chi connectivity index (χ1v) is 3.65. The van der Waals surface area contributed by atoms with E-state index < -0.39 is 16.6 Å². The summed E-state index contributed by atoms with van der Waals surface area (Å²) in [6, 6.07) is -0.427. The second-order valence-corrected chi connectivity index (χ2v) is 4.42. The zero-order valence-electron chi connectivity index (χ0n) is 6.16. The van der Waals surface area contributed by atoms with Gasteiger partial charge in [-0.2, -0.15) is 12.6 Å². The molecule has 1 unspecified atom stereocenters. The van der Waals surface area contributed by atoms with Gasteiger partial charge in [0, 0.05) is 4.75 Å². The first-order valence-electron chi connectivity index (χ1n) is 3.20. The van der Waals surface area contributed by atoms with Crippen LogP contribution in [0.15, 0.2) is 0 Å².